The summed E-state index contributed by atoms with van der Waals surface area (Å²) < 4.78 is 52.9. The summed E-state index contributed by atoms with van der Waals surface area (Å²) in [5, 5.41) is 5.55. The fraction of sp³-hybridized carbons (Fsp3) is 0.421. The summed E-state index contributed by atoms with van der Waals surface area (Å²) in [4.78, 5) is 9.65. The number of nitrogens with one attached hydrogen (secondary N) is 2. The van der Waals surface area contributed by atoms with E-state index in [9.17, 15) is 17.6 Å². The molecule has 0 unspecified atom stereocenters. The molecule has 1 fully saturated rings. The van der Waals surface area contributed by atoms with E-state index in [0.29, 0.717) is 19.0 Å². The Balaban J connectivity index is 1.73. The average molecular weight is 427 g/mol. The number of piperidine rings is 1. The van der Waals surface area contributed by atoms with E-state index in [1.807, 2.05) is 4.90 Å². The van der Waals surface area contributed by atoms with Gasteiger partial charge in [-0.3, -0.25) is 0 Å². The third-order valence-corrected chi connectivity index (χ3v) is 4.82. The number of thiocarbonyl (C=S) groups is 1. The molecule has 1 atom stereocenters. The van der Waals surface area contributed by atoms with Crippen LogP contribution in [0.5, 0.6) is 0 Å². The summed E-state index contributed by atoms with van der Waals surface area (Å²) in [5.41, 5.74) is -0.256. The molecule has 1 aromatic heterocycles. The first-order valence-electron chi connectivity index (χ1n) is 9.21. The normalized spacial score (nSPS) is 17.1. The zero-order chi connectivity index (χ0) is 21.0. The number of halogens is 4. The number of alkyl halides is 3. The minimum Gasteiger partial charge on any atom is -0.358 e. The van der Waals surface area contributed by atoms with Gasteiger partial charge in [0.25, 0.3) is 0 Å². The molecule has 10 heteroatoms. The van der Waals surface area contributed by atoms with Crippen LogP contribution in [0.2, 0.25) is 0 Å². The molecule has 5 nitrogen and oxygen atoms in total. The molecule has 2 heterocycles. The highest BCUT2D eigenvalue weighted by Crippen LogP contribution is 2.31. The van der Waals surface area contributed by atoms with Crippen molar-refractivity contribution in [3.8, 4) is 0 Å². The van der Waals surface area contributed by atoms with E-state index >= 15 is 0 Å². The number of rotatable bonds is 4. The van der Waals surface area contributed by atoms with Crippen molar-refractivity contribution in [1.29, 1.82) is 0 Å². The van der Waals surface area contributed by atoms with Gasteiger partial charge in [-0.2, -0.15) is 18.2 Å². The van der Waals surface area contributed by atoms with Gasteiger partial charge in [0.05, 0.1) is 0 Å². The zero-order valence-corrected chi connectivity index (χ0v) is 16.6. The standard InChI is InChI=1S/C19H21F4N5S/c1-12-3-2-8-28(11-12)16-9-15(19(21,22)23)25-17(26-16)27-18(29)24-10-13-4-6-14(20)7-5-13/h4-7,9,12H,2-3,8,10-11H2,1H3,(H2,24,25,26,27,29)/t12-/m1/s1. The summed E-state index contributed by atoms with van der Waals surface area (Å²) >= 11 is 5.14. The van der Waals surface area contributed by atoms with Crippen LogP contribution in [-0.4, -0.2) is 28.2 Å². The predicted octanol–water partition coefficient (Wildman–Crippen LogP) is 4.36. The second-order valence-corrected chi connectivity index (χ2v) is 7.47. The second-order valence-electron chi connectivity index (χ2n) is 7.06. The maximum absolute atomic E-state index is 13.3. The van der Waals surface area contributed by atoms with Gasteiger partial charge in [-0.1, -0.05) is 19.1 Å². The molecular weight excluding hydrogens is 406 g/mol. The van der Waals surface area contributed by atoms with Crippen molar-refractivity contribution in [2.24, 2.45) is 5.92 Å². The third-order valence-electron chi connectivity index (χ3n) is 4.58. The molecule has 0 amide bonds. The molecule has 1 aromatic carbocycles. The zero-order valence-electron chi connectivity index (χ0n) is 15.8. The van der Waals surface area contributed by atoms with Crippen molar-refractivity contribution < 1.29 is 17.6 Å². The van der Waals surface area contributed by atoms with E-state index in [0.717, 1.165) is 24.5 Å². The van der Waals surface area contributed by atoms with Crippen LogP contribution in [0.4, 0.5) is 29.3 Å². The minimum atomic E-state index is -4.60. The lowest BCUT2D eigenvalue weighted by molar-refractivity contribution is -0.141. The Bertz CT molecular complexity index is 857. The smallest absolute Gasteiger partial charge is 0.358 e. The fourth-order valence-electron chi connectivity index (χ4n) is 3.13. The van der Waals surface area contributed by atoms with Crippen LogP contribution in [0.25, 0.3) is 0 Å². The van der Waals surface area contributed by atoms with Gasteiger partial charge in [-0.25, -0.2) is 9.37 Å². The maximum atomic E-state index is 13.3. The Morgan fingerprint density at radius 3 is 2.62 bits per heavy atom. The lowest BCUT2D eigenvalue weighted by atomic mass is 10.0. The van der Waals surface area contributed by atoms with Crippen molar-refractivity contribution in [3.05, 3.63) is 47.4 Å². The van der Waals surface area contributed by atoms with Gasteiger partial charge in [-0.05, 0) is 48.7 Å². The summed E-state index contributed by atoms with van der Waals surface area (Å²) in [7, 11) is 0. The van der Waals surface area contributed by atoms with Crippen LogP contribution in [0.3, 0.4) is 0 Å². The molecule has 1 aliphatic rings. The number of aromatic nitrogens is 2. The summed E-state index contributed by atoms with van der Waals surface area (Å²) in [6.45, 7) is 3.62. The van der Waals surface area contributed by atoms with E-state index < -0.39 is 11.9 Å². The number of hydrogen-bond acceptors (Lipinski definition) is 4. The SMILES string of the molecule is C[C@@H]1CCCN(c2cc(C(F)(F)F)nc(NC(=S)NCc3ccc(F)cc3)n2)C1. The minimum absolute atomic E-state index is 0.0756. The number of benzene rings is 1. The van der Waals surface area contributed by atoms with Gasteiger partial charge < -0.3 is 15.5 Å². The van der Waals surface area contributed by atoms with E-state index in [2.05, 4.69) is 27.5 Å². The molecule has 2 aromatic rings. The van der Waals surface area contributed by atoms with Gasteiger partial charge in [-0.15, -0.1) is 0 Å². The van der Waals surface area contributed by atoms with Gasteiger partial charge >= 0.3 is 6.18 Å². The van der Waals surface area contributed by atoms with Crippen molar-refractivity contribution >= 4 is 29.1 Å². The maximum Gasteiger partial charge on any atom is 0.433 e. The van der Waals surface area contributed by atoms with Crippen molar-refractivity contribution in [1.82, 2.24) is 15.3 Å². The van der Waals surface area contributed by atoms with Gasteiger partial charge in [0.15, 0.2) is 10.8 Å². The van der Waals surface area contributed by atoms with Crippen molar-refractivity contribution in [3.63, 3.8) is 0 Å². The van der Waals surface area contributed by atoms with E-state index in [-0.39, 0.29) is 29.2 Å². The van der Waals surface area contributed by atoms with Crippen LogP contribution in [0, 0.1) is 11.7 Å². The molecular formula is C19H21F4N5S. The highest BCUT2D eigenvalue weighted by molar-refractivity contribution is 7.80. The predicted molar refractivity (Wildman–Crippen MR) is 107 cm³/mol. The Morgan fingerprint density at radius 1 is 1.24 bits per heavy atom. The average Bonchev–Trinajstić information content (AvgIpc) is 2.66. The van der Waals surface area contributed by atoms with Crippen LogP contribution >= 0.6 is 12.2 Å². The Hall–Kier alpha value is -2.49. The second kappa shape index (κ2) is 8.89. The number of hydrogen-bond donors (Lipinski definition) is 2. The molecule has 29 heavy (non-hydrogen) atoms. The Labute approximate surface area is 171 Å². The molecule has 0 bridgehead atoms. The molecule has 0 spiro atoms. The van der Waals surface area contributed by atoms with E-state index in [1.165, 1.54) is 12.1 Å². The fourth-order valence-corrected chi connectivity index (χ4v) is 3.29. The number of anilines is 2. The topological polar surface area (TPSA) is 53.1 Å². The lowest BCUT2D eigenvalue weighted by Gasteiger charge is -2.32. The summed E-state index contributed by atoms with van der Waals surface area (Å²) in [6, 6.07) is 6.77. The Morgan fingerprint density at radius 2 is 1.97 bits per heavy atom. The van der Waals surface area contributed by atoms with Crippen LogP contribution < -0.4 is 15.5 Å². The first-order chi connectivity index (χ1) is 13.7. The molecule has 1 saturated heterocycles. The quantitative estimate of drug-likeness (QED) is 0.559. The highest BCUT2D eigenvalue weighted by Gasteiger charge is 2.34. The molecule has 2 N–H and O–H groups in total. The lowest BCUT2D eigenvalue weighted by Crippen LogP contribution is -2.35. The van der Waals surface area contributed by atoms with Crippen LogP contribution in [0.1, 0.15) is 31.0 Å². The summed E-state index contributed by atoms with van der Waals surface area (Å²) in [5.74, 6) is 0.0293. The first-order valence-corrected chi connectivity index (χ1v) is 9.62. The molecule has 0 aliphatic carbocycles. The van der Waals surface area contributed by atoms with Crippen molar-refractivity contribution in [2.45, 2.75) is 32.5 Å². The molecule has 0 saturated carbocycles. The third kappa shape index (κ3) is 5.99. The van der Waals surface area contributed by atoms with Crippen LogP contribution in [-0.2, 0) is 12.7 Å². The number of nitrogens with zero attached hydrogens (tertiary/aromatic N) is 3. The van der Waals surface area contributed by atoms with Gasteiger partial charge in [0, 0.05) is 25.7 Å². The van der Waals surface area contributed by atoms with Crippen molar-refractivity contribution in [2.75, 3.05) is 23.3 Å². The van der Waals surface area contributed by atoms with E-state index in [1.54, 1.807) is 12.1 Å². The van der Waals surface area contributed by atoms with Crippen LogP contribution in [0.15, 0.2) is 30.3 Å². The first kappa shape index (κ1) is 21.2. The molecule has 156 valence electrons. The molecule has 3 rings (SSSR count). The largest absolute Gasteiger partial charge is 0.433 e. The highest BCUT2D eigenvalue weighted by atomic mass is 32.1. The van der Waals surface area contributed by atoms with Gasteiger partial charge in [0.1, 0.15) is 11.6 Å². The Kier molecular flexibility index (Phi) is 6.51. The summed E-state index contributed by atoms with van der Waals surface area (Å²) in [6.07, 6.45) is -2.66. The van der Waals surface area contributed by atoms with E-state index in [4.69, 9.17) is 12.2 Å². The van der Waals surface area contributed by atoms with Gasteiger partial charge in [0.2, 0.25) is 5.95 Å². The molecule has 0 radical (unpaired) electrons. The monoisotopic (exact) mass is 427 g/mol. The molecule has 1 aliphatic heterocycles.